The molecule has 0 bridgehead atoms. The van der Waals surface area contributed by atoms with Gasteiger partial charge in [-0.1, -0.05) is 30.3 Å². The zero-order valence-electron chi connectivity index (χ0n) is 13.7. The maximum Gasteiger partial charge on any atom is 0.129 e. The van der Waals surface area contributed by atoms with Crippen molar-refractivity contribution in [2.45, 2.75) is 12.0 Å². The van der Waals surface area contributed by atoms with E-state index >= 15 is 0 Å². The van der Waals surface area contributed by atoms with E-state index in [1.165, 1.54) is 0 Å². The van der Waals surface area contributed by atoms with E-state index < -0.39 is 5.54 Å². The Morgan fingerprint density at radius 2 is 1.80 bits per heavy atom. The van der Waals surface area contributed by atoms with E-state index in [0.717, 1.165) is 11.3 Å². The monoisotopic (exact) mass is 336 g/mol. The standard InChI is InChI=1S/C20H20N2O3/c23-14-15-25-19-8-6-16(7-9-19)20(12-10-18(24)11-13-20)22-21-17-4-2-1-3-5-17/h1-12,23-24H,13-15H2. The van der Waals surface area contributed by atoms with Gasteiger partial charge in [0.15, 0.2) is 0 Å². The molecule has 1 aliphatic rings. The van der Waals surface area contributed by atoms with Crippen molar-refractivity contribution in [1.29, 1.82) is 0 Å². The molecule has 0 heterocycles. The van der Waals surface area contributed by atoms with Crippen LogP contribution in [0, 0.1) is 0 Å². The number of aliphatic hydroxyl groups is 2. The molecule has 0 saturated carbocycles. The van der Waals surface area contributed by atoms with Crippen LogP contribution in [0.4, 0.5) is 5.69 Å². The first-order valence-electron chi connectivity index (χ1n) is 8.12. The molecule has 0 aromatic heterocycles. The average Bonchev–Trinajstić information content (AvgIpc) is 2.67. The maximum absolute atomic E-state index is 9.67. The van der Waals surface area contributed by atoms with Crippen molar-refractivity contribution in [2.24, 2.45) is 10.2 Å². The number of nitrogens with zero attached hydrogens (tertiary/aromatic N) is 2. The summed E-state index contributed by atoms with van der Waals surface area (Å²) in [6, 6.07) is 17.1. The van der Waals surface area contributed by atoms with Crippen molar-refractivity contribution in [2.75, 3.05) is 13.2 Å². The van der Waals surface area contributed by atoms with Gasteiger partial charge in [-0.3, -0.25) is 0 Å². The van der Waals surface area contributed by atoms with E-state index in [1.807, 2.05) is 60.7 Å². The van der Waals surface area contributed by atoms with Crippen molar-refractivity contribution >= 4 is 5.69 Å². The molecule has 3 rings (SSSR count). The SMILES string of the molecule is OCCOc1ccc(C2(N=Nc3ccccc3)C=CC(O)=CC2)cc1. The third kappa shape index (κ3) is 4.14. The Kier molecular flexibility index (Phi) is 5.26. The van der Waals surface area contributed by atoms with Gasteiger partial charge in [-0.15, -0.1) is 0 Å². The molecule has 0 saturated heterocycles. The zero-order chi connectivity index (χ0) is 17.5. The highest BCUT2D eigenvalue weighted by molar-refractivity contribution is 5.40. The highest BCUT2D eigenvalue weighted by Gasteiger charge is 2.31. The summed E-state index contributed by atoms with van der Waals surface area (Å²) in [5.41, 5.74) is 1.05. The van der Waals surface area contributed by atoms with Gasteiger partial charge in [0.1, 0.15) is 23.7 Å². The maximum atomic E-state index is 9.67. The van der Waals surface area contributed by atoms with E-state index in [4.69, 9.17) is 9.84 Å². The zero-order valence-corrected chi connectivity index (χ0v) is 13.7. The first-order valence-corrected chi connectivity index (χ1v) is 8.12. The molecule has 2 N–H and O–H groups in total. The first-order chi connectivity index (χ1) is 12.2. The fraction of sp³-hybridized carbons (Fsp3) is 0.200. The molecule has 2 aromatic rings. The van der Waals surface area contributed by atoms with Crippen LogP contribution in [0.25, 0.3) is 0 Å². The Labute approximate surface area is 146 Å². The van der Waals surface area contributed by atoms with Crippen molar-refractivity contribution in [3.63, 3.8) is 0 Å². The van der Waals surface area contributed by atoms with Crippen molar-refractivity contribution < 1.29 is 14.9 Å². The quantitative estimate of drug-likeness (QED) is 0.766. The number of benzene rings is 2. The molecule has 1 atom stereocenters. The summed E-state index contributed by atoms with van der Waals surface area (Å²) in [5, 5.41) is 27.5. The second-order valence-electron chi connectivity index (χ2n) is 5.72. The van der Waals surface area contributed by atoms with E-state index in [9.17, 15) is 5.11 Å². The van der Waals surface area contributed by atoms with Crippen LogP contribution in [0.2, 0.25) is 0 Å². The fourth-order valence-corrected chi connectivity index (χ4v) is 2.61. The van der Waals surface area contributed by atoms with Crippen LogP contribution >= 0.6 is 0 Å². The Morgan fingerprint density at radius 3 is 2.44 bits per heavy atom. The van der Waals surface area contributed by atoms with E-state index in [1.54, 1.807) is 12.2 Å². The highest BCUT2D eigenvalue weighted by atomic mass is 16.5. The second kappa shape index (κ2) is 7.77. The number of aliphatic hydroxyl groups excluding tert-OH is 2. The van der Waals surface area contributed by atoms with E-state index in [-0.39, 0.29) is 19.0 Å². The van der Waals surface area contributed by atoms with E-state index in [0.29, 0.717) is 12.2 Å². The topological polar surface area (TPSA) is 74.4 Å². The molecule has 1 unspecified atom stereocenters. The van der Waals surface area contributed by atoms with Crippen molar-refractivity contribution in [3.8, 4) is 5.75 Å². The molecular weight excluding hydrogens is 316 g/mol. The molecule has 25 heavy (non-hydrogen) atoms. The molecule has 0 amide bonds. The number of hydrogen-bond donors (Lipinski definition) is 2. The lowest BCUT2D eigenvalue weighted by atomic mass is 9.84. The molecule has 1 aliphatic carbocycles. The fourth-order valence-electron chi connectivity index (χ4n) is 2.61. The summed E-state index contributed by atoms with van der Waals surface area (Å²) in [6.07, 6.45) is 5.75. The Balaban J connectivity index is 1.90. The molecule has 0 spiro atoms. The normalized spacial score (nSPS) is 19.8. The Bertz CT molecular complexity index is 782. The minimum Gasteiger partial charge on any atom is -0.508 e. The number of hydrogen-bond acceptors (Lipinski definition) is 5. The van der Waals surface area contributed by atoms with Crippen molar-refractivity contribution in [3.05, 3.63) is 84.1 Å². The van der Waals surface area contributed by atoms with Crippen LogP contribution in [0.5, 0.6) is 5.75 Å². The molecule has 128 valence electrons. The highest BCUT2D eigenvalue weighted by Crippen LogP contribution is 2.37. The van der Waals surface area contributed by atoms with Crippen LogP contribution in [0.1, 0.15) is 12.0 Å². The minimum atomic E-state index is -0.669. The van der Waals surface area contributed by atoms with Crippen molar-refractivity contribution in [1.82, 2.24) is 0 Å². The lowest BCUT2D eigenvalue weighted by Gasteiger charge is -2.27. The van der Waals surface area contributed by atoms with Gasteiger partial charge in [0.25, 0.3) is 0 Å². The summed E-state index contributed by atoms with van der Waals surface area (Å²) in [4.78, 5) is 0. The lowest BCUT2D eigenvalue weighted by molar-refractivity contribution is 0.201. The van der Waals surface area contributed by atoms with Crippen LogP contribution in [0.15, 0.2) is 88.8 Å². The Morgan fingerprint density at radius 1 is 1.04 bits per heavy atom. The van der Waals surface area contributed by atoms with Gasteiger partial charge in [-0.25, -0.2) is 0 Å². The minimum absolute atomic E-state index is 0.0240. The first kappa shape index (κ1) is 16.9. The molecule has 0 aliphatic heterocycles. The summed E-state index contributed by atoms with van der Waals surface area (Å²) in [7, 11) is 0. The van der Waals surface area contributed by atoms with Gasteiger partial charge in [0, 0.05) is 6.42 Å². The second-order valence-corrected chi connectivity index (χ2v) is 5.72. The van der Waals surface area contributed by atoms with Crippen LogP contribution < -0.4 is 4.74 Å². The van der Waals surface area contributed by atoms with Crippen LogP contribution in [-0.2, 0) is 5.54 Å². The third-order valence-electron chi connectivity index (χ3n) is 3.97. The molecule has 0 radical (unpaired) electrons. The van der Waals surface area contributed by atoms with Gasteiger partial charge in [0.05, 0.1) is 12.3 Å². The van der Waals surface area contributed by atoms with Gasteiger partial charge in [-0.2, -0.15) is 10.2 Å². The lowest BCUT2D eigenvalue weighted by Crippen LogP contribution is -2.21. The summed E-state index contributed by atoms with van der Waals surface area (Å²) >= 11 is 0. The van der Waals surface area contributed by atoms with Gasteiger partial charge in [-0.05, 0) is 48.1 Å². The smallest absolute Gasteiger partial charge is 0.129 e. The van der Waals surface area contributed by atoms with Crippen LogP contribution in [0.3, 0.4) is 0 Å². The number of azo groups is 1. The summed E-state index contributed by atoms with van der Waals surface area (Å²) in [5.74, 6) is 0.916. The number of ether oxygens (including phenoxy) is 1. The predicted octanol–water partition coefficient (Wildman–Crippen LogP) is 4.44. The molecule has 5 heteroatoms. The number of rotatable bonds is 6. The van der Waals surface area contributed by atoms with Gasteiger partial charge >= 0.3 is 0 Å². The molecule has 5 nitrogen and oxygen atoms in total. The Hall–Kier alpha value is -2.92. The average molecular weight is 336 g/mol. The molecule has 2 aromatic carbocycles. The summed E-state index contributed by atoms with van der Waals surface area (Å²) < 4.78 is 5.40. The third-order valence-corrected chi connectivity index (χ3v) is 3.97. The molecule has 0 fully saturated rings. The van der Waals surface area contributed by atoms with Gasteiger partial charge in [0.2, 0.25) is 0 Å². The van der Waals surface area contributed by atoms with Gasteiger partial charge < -0.3 is 14.9 Å². The summed E-state index contributed by atoms with van der Waals surface area (Å²) in [6.45, 7) is 0.235. The predicted molar refractivity (Wildman–Crippen MR) is 96.1 cm³/mol. The van der Waals surface area contributed by atoms with E-state index in [2.05, 4.69) is 10.2 Å². The van der Waals surface area contributed by atoms with Crippen LogP contribution in [-0.4, -0.2) is 23.4 Å². The molecular formula is C20H20N2O3. The largest absolute Gasteiger partial charge is 0.508 e. The number of allylic oxidation sites excluding steroid dienone is 1.